The molecular weight excluding hydrogens is 214 g/mol. The molecule has 0 aromatic rings. The summed E-state index contributed by atoms with van der Waals surface area (Å²) in [5, 5.41) is 0.975. The summed E-state index contributed by atoms with van der Waals surface area (Å²) in [5.74, 6) is 0.329. The third-order valence-corrected chi connectivity index (χ3v) is 3.38. The van der Waals surface area contributed by atoms with Crippen molar-refractivity contribution < 1.29 is 8.78 Å². The second-order valence-electron chi connectivity index (χ2n) is 3.27. The van der Waals surface area contributed by atoms with Crippen LogP contribution in [0.4, 0.5) is 8.78 Å². The van der Waals surface area contributed by atoms with Crippen LogP contribution in [0, 0.1) is 11.8 Å². The molecule has 0 amide bonds. The van der Waals surface area contributed by atoms with Gasteiger partial charge in [-0.1, -0.05) is 15.9 Å². The van der Waals surface area contributed by atoms with Crippen molar-refractivity contribution in [3.63, 3.8) is 0 Å². The Morgan fingerprint density at radius 2 is 1.73 bits per heavy atom. The molecule has 0 nitrogen and oxygen atoms in total. The summed E-state index contributed by atoms with van der Waals surface area (Å²) >= 11 is 3.38. The Morgan fingerprint density at radius 3 is 2.09 bits per heavy atom. The Bertz CT molecular complexity index is 109. The van der Waals surface area contributed by atoms with E-state index in [0.717, 1.165) is 18.2 Å². The number of rotatable bonds is 2. The Morgan fingerprint density at radius 1 is 1.18 bits per heavy atom. The molecule has 1 saturated carbocycles. The first-order valence-corrected chi connectivity index (χ1v) is 5.20. The van der Waals surface area contributed by atoms with Crippen molar-refractivity contribution in [1.29, 1.82) is 0 Å². The van der Waals surface area contributed by atoms with Crippen molar-refractivity contribution in [3.05, 3.63) is 0 Å². The van der Waals surface area contributed by atoms with Gasteiger partial charge in [0.1, 0.15) is 0 Å². The van der Waals surface area contributed by atoms with Gasteiger partial charge >= 0.3 is 0 Å². The molecule has 0 saturated heterocycles. The SMILES string of the molecule is FC(F)C1CCC(CBr)CC1. The molecule has 0 unspecified atom stereocenters. The van der Waals surface area contributed by atoms with Gasteiger partial charge in [0.25, 0.3) is 0 Å². The highest BCUT2D eigenvalue weighted by molar-refractivity contribution is 9.09. The molecular formula is C8H13BrF2. The molecule has 1 fully saturated rings. The maximum Gasteiger partial charge on any atom is 0.241 e. The molecule has 0 aromatic carbocycles. The van der Waals surface area contributed by atoms with Crippen LogP contribution < -0.4 is 0 Å². The predicted octanol–water partition coefficient (Wildman–Crippen LogP) is 3.45. The first-order chi connectivity index (χ1) is 5.24. The van der Waals surface area contributed by atoms with Gasteiger partial charge in [-0.3, -0.25) is 0 Å². The third kappa shape index (κ3) is 2.69. The Labute approximate surface area is 74.5 Å². The van der Waals surface area contributed by atoms with E-state index in [1.165, 1.54) is 0 Å². The number of hydrogen-bond acceptors (Lipinski definition) is 0. The van der Waals surface area contributed by atoms with Crippen molar-refractivity contribution in [1.82, 2.24) is 0 Å². The molecule has 0 spiro atoms. The molecule has 0 bridgehead atoms. The van der Waals surface area contributed by atoms with Gasteiger partial charge in [0.15, 0.2) is 0 Å². The van der Waals surface area contributed by atoms with Crippen molar-refractivity contribution in [3.8, 4) is 0 Å². The average molecular weight is 227 g/mol. The van der Waals surface area contributed by atoms with Gasteiger partial charge in [0.05, 0.1) is 0 Å². The largest absolute Gasteiger partial charge is 0.241 e. The minimum Gasteiger partial charge on any atom is -0.210 e. The van der Waals surface area contributed by atoms with Crippen molar-refractivity contribution in [2.75, 3.05) is 5.33 Å². The van der Waals surface area contributed by atoms with Gasteiger partial charge in [-0.2, -0.15) is 0 Å². The van der Waals surface area contributed by atoms with Gasteiger partial charge in [-0.15, -0.1) is 0 Å². The lowest BCUT2D eigenvalue weighted by molar-refractivity contribution is 0.0489. The highest BCUT2D eigenvalue weighted by Crippen LogP contribution is 2.33. The van der Waals surface area contributed by atoms with E-state index in [-0.39, 0.29) is 5.92 Å². The summed E-state index contributed by atoms with van der Waals surface area (Å²) in [6.07, 6.45) is 1.29. The van der Waals surface area contributed by atoms with Crippen LogP contribution >= 0.6 is 15.9 Å². The minimum absolute atomic E-state index is 0.315. The molecule has 1 rings (SSSR count). The van der Waals surface area contributed by atoms with Gasteiger partial charge in [-0.25, -0.2) is 8.78 Å². The highest BCUT2D eigenvalue weighted by atomic mass is 79.9. The lowest BCUT2D eigenvalue weighted by atomic mass is 9.83. The second kappa shape index (κ2) is 4.39. The van der Waals surface area contributed by atoms with E-state index >= 15 is 0 Å². The number of halogens is 3. The zero-order valence-electron chi connectivity index (χ0n) is 6.40. The van der Waals surface area contributed by atoms with E-state index in [2.05, 4.69) is 15.9 Å². The molecule has 0 aliphatic heterocycles. The molecule has 0 aromatic heterocycles. The maximum atomic E-state index is 12.1. The van der Waals surface area contributed by atoms with E-state index in [9.17, 15) is 8.78 Å². The zero-order chi connectivity index (χ0) is 8.27. The molecule has 66 valence electrons. The van der Waals surface area contributed by atoms with Crippen LogP contribution in [0.3, 0.4) is 0 Å². The van der Waals surface area contributed by atoms with E-state index in [1.807, 2.05) is 0 Å². The Kier molecular flexibility index (Phi) is 3.76. The van der Waals surface area contributed by atoms with Crippen LogP contribution in [0.5, 0.6) is 0 Å². The number of alkyl halides is 3. The van der Waals surface area contributed by atoms with Crippen LogP contribution in [0.2, 0.25) is 0 Å². The summed E-state index contributed by atoms with van der Waals surface area (Å²) < 4.78 is 24.3. The molecule has 0 radical (unpaired) electrons. The Hall–Kier alpha value is 0.340. The van der Waals surface area contributed by atoms with Crippen LogP contribution in [0.25, 0.3) is 0 Å². The monoisotopic (exact) mass is 226 g/mol. The van der Waals surface area contributed by atoms with Crippen molar-refractivity contribution in [2.24, 2.45) is 11.8 Å². The second-order valence-corrected chi connectivity index (χ2v) is 3.92. The van der Waals surface area contributed by atoms with Crippen LogP contribution in [-0.4, -0.2) is 11.8 Å². The summed E-state index contributed by atoms with van der Waals surface area (Å²) in [4.78, 5) is 0. The molecule has 0 atom stereocenters. The smallest absolute Gasteiger partial charge is 0.210 e. The van der Waals surface area contributed by atoms with Gasteiger partial charge in [0.2, 0.25) is 6.43 Å². The van der Waals surface area contributed by atoms with Gasteiger partial charge in [-0.05, 0) is 31.6 Å². The molecule has 3 heteroatoms. The molecule has 11 heavy (non-hydrogen) atoms. The summed E-state index contributed by atoms with van der Waals surface area (Å²) in [6.45, 7) is 0. The average Bonchev–Trinajstić information content (AvgIpc) is 2.05. The van der Waals surface area contributed by atoms with Crippen LogP contribution in [0.1, 0.15) is 25.7 Å². The third-order valence-electron chi connectivity index (χ3n) is 2.47. The van der Waals surface area contributed by atoms with E-state index in [4.69, 9.17) is 0 Å². The van der Waals surface area contributed by atoms with Gasteiger partial charge < -0.3 is 0 Å². The van der Waals surface area contributed by atoms with E-state index in [1.54, 1.807) is 0 Å². The van der Waals surface area contributed by atoms with Crippen LogP contribution in [-0.2, 0) is 0 Å². The first kappa shape index (κ1) is 9.43. The molecule has 1 aliphatic carbocycles. The predicted molar refractivity (Wildman–Crippen MR) is 45.2 cm³/mol. The minimum atomic E-state index is -2.09. The number of hydrogen-bond donors (Lipinski definition) is 0. The first-order valence-electron chi connectivity index (χ1n) is 4.08. The zero-order valence-corrected chi connectivity index (χ0v) is 7.99. The van der Waals surface area contributed by atoms with Gasteiger partial charge in [0, 0.05) is 11.2 Å². The summed E-state index contributed by atoms with van der Waals surface area (Å²) in [5.41, 5.74) is 0. The fourth-order valence-corrected chi connectivity index (χ4v) is 2.24. The topological polar surface area (TPSA) is 0 Å². The van der Waals surface area contributed by atoms with Crippen molar-refractivity contribution in [2.45, 2.75) is 32.1 Å². The fraction of sp³-hybridized carbons (Fsp3) is 1.00. The maximum absolute atomic E-state index is 12.1. The fourth-order valence-electron chi connectivity index (χ4n) is 1.59. The summed E-state index contributed by atoms with van der Waals surface area (Å²) in [7, 11) is 0. The summed E-state index contributed by atoms with van der Waals surface area (Å²) in [6, 6.07) is 0. The lowest BCUT2D eigenvalue weighted by Gasteiger charge is -2.26. The van der Waals surface area contributed by atoms with E-state index < -0.39 is 6.43 Å². The molecule has 0 heterocycles. The normalized spacial score (nSPS) is 32.7. The lowest BCUT2D eigenvalue weighted by Crippen LogP contribution is -2.20. The Balaban J connectivity index is 2.24. The quantitative estimate of drug-likeness (QED) is 0.634. The highest BCUT2D eigenvalue weighted by Gasteiger charge is 2.26. The molecule has 0 N–H and O–H groups in total. The van der Waals surface area contributed by atoms with Crippen molar-refractivity contribution >= 4 is 15.9 Å². The standard InChI is InChI=1S/C8H13BrF2/c9-5-6-1-3-7(4-2-6)8(10)11/h6-8H,1-5H2. The van der Waals surface area contributed by atoms with Crippen LogP contribution in [0.15, 0.2) is 0 Å². The molecule has 1 aliphatic rings. The van der Waals surface area contributed by atoms with E-state index in [0.29, 0.717) is 18.8 Å².